The molecule has 3 aromatic carbocycles. The molecule has 0 atom stereocenters. The Morgan fingerprint density at radius 3 is 1.02 bits per heavy atom. The van der Waals surface area contributed by atoms with Crippen molar-refractivity contribution in [3.63, 3.8) is 0 Å². The summed E-state index contributed by atoms with van der Waals surface area (Å²) in [5.41, 5.74) is 10.3. The number of hydrogen-bond donors (Lipinski definition) is 5. The number of hydrogen-bond acceptors (Lipinski definition) is 23. The predicted molar refractivity (Wildman–Crippen MR) is 563 cm³/mol. The van der Waals surface area contributed by atoms with Crippen LogP contribution in [0.5, 0.6) is 0 Å². The molecular formula is C89H108Cl10I2N17O14PSSn. The van der Waals surface area contributed by atoms with E-state index in [1.807, 2.05) is 79.2 Å². The Morgan fingerprint density at radius 2 is 0.763 bits per heavy atom. The van der Waals surface area contributed by atoms with E-state index in [2.05, 4.69) is 157 Å². The number of nitrogens with one attached hydrogen (secondary N) is 3. The quantitative estimate of drug-likeness (QED) is 0.0101. The molecule has 0 spiro atoms. The number of aryl methyl sites for hydroxylation is 3. The third-order valence-electron chi connectivity index (χ3n) is 21.4. The number of benzene rings is 3. The first kappa shape index (κ1) is 120. The fourth-order valence-electron chi connectivity index (χ4n) is 15.9. The van der Waals surface area contributed by atoms with E-state index >= 15 is 0 Å². The topological polar surface area (TPSA) is 426 Å². The summed E-state index contributed by atoms with van der Waals surface area (Å²) in [5.74, 6) is 2.10. The normalized spacial score (nSPS) is 12.7. The molecule has 31 nitrogen and oxygen atoms in total. The van der Waals surface area contributed by atoms with Gasteiger partial charge >= 0.3 is 245 Å². The summed E-state index contributed by atoms with van der Waals surface area (Å²) in [6.07, 6.45) is 44.2. The summed E-state index contributed by atoms with van der Waals surface area (Å²) < 4.78 is 69.6. The Morgan fingerprint density at radius 1 is 0.474 bits per heavy atom. The van der Waals surface area contributed by atoms with E-state index < -0.39 is 34.0 Å². The molecule has 10 heterocycles. The van der Waals surface area contributed by atoms with Crippen LogP contribution in [0, 0.1) is 3.83 Å². The largest absolute Gasteiger partial charge is 0.465 e. The monoisotopic (exact) mass is 2430 g/mol. The van der Waals surface area contributed by atoms with E-state index in [0.717, 1.165) is 33.2 Å². The van der Waals surface area contributed by atoms with Crippen molar-refractivity contribution < 1.29 is 50.7 Å². The number of carbonyl (C=O) groups excluding carboxylic acids is 3. The molecule has 732 valence electrons. The number of unbranched alkanes of at least 4 members (excludes halogenated alkanes) is 3. The third kappa shape index (κ3) is 38.8. The Balaban J connectivity index is 0.000000337. The van der Waals surface area contributed by atoms with Crippen molar-refractivity contribution >= 4 is 251 Å². The van der Waals surface area contributed by atoms with Crippen LogP contribution in [0.25, 0.3) is 55.7 Å². The summed E-state index contributed by atoms with van der Waals surface area (Å²) in [6.45, 7) is 7.08. The van der Waals surface area contributed by atoms with Gasteiger partial charge in [0.2, 0.25) is 5.28 Å². The summed E-state index contributed by atoms with van der Waals surface area (Å²) in [7, 11) is 5.91. The minimum atomic E-state index is -4.67. The Bertz CT molecular complexity index is 5870. The number of esters is 3. The summed E-state index contributed by atoms with van der Waals surface area (Å²) in [5, 5.41) is 3.26. The first-order valence-corrected chi connectivity index (χ1v) is 58.5. The first-order chi connectivity index (χ1) is 62.9. The van der Waals surface area contributed by atoms with E-state index in [1.54, 1.807) is 58.6 Å². The van der Waals surface area contributed by atoms with Crippen LogP contribution in [0.15, 0.2) is 168 Å². The first-order valence-electron chi connectivity index (χ1n) is 41.8. The number of rotatable bonds is 18. The van der Waals surface area contributed by atoms with Gasteiger partial charge in [-0.1, -0.05) is 103 Å². The maximum absolute atomic E-state index is 12.3. The molecule has 135 heavy (non-hydrogen) atoms. The van der Waals surface area contributed by atoms with Gasteiger partial charge in [0.15, 0.2) is 15.5 Å². The van der Waals surface area contributed by atoms with Gasteiger partial charge in [0, 0.05) is 114 Å². The molecule has 3 saturated carbocycles. The van der Waals surface area contributed by atoms with Gasteiger partial charge in [0.05, 0.1) is 92.8 Å². The number of H-pyrrole nitrogens is 3. The second-order valence-electron chi connectivity index (χ2n) is 30.2. The van der Waals surface area contributed by atoms with E-state index in [-0.39, 0.29) is 84.1 Å². The number of aromatic nitrogens is 17. The summed E-state index contributed by atoms with van der Waals surface area (Å²) in [6, 6.07) is 21.1. The maximum Gasteiger partial charge on any atom is 0.394 e. The molecule has 5 N–H and O–H groups in total. The fourth-order valence-corrected chi connectivity index (χ4v) is 34.7. The van der Waals surface area contributed by atoms with Crippen LogP contribution in [-0.4, -0.2) is 159 Å². The van der Waals surface area contributed by atoms with Crippen molar-refractivity contribution in [3.05, 3.63) is 253 Å². The number of nitrogens with zero attached hydrogens (tertiary/aromatic N) is 14. The molecule has 0 radical (unpaired) electrons. The van der Waals surface area contributed by atoms with Gasteiger partial charge in [0.1, 0.15) is 0 Å². The second-order valence-corrected chi connectivity index (χ2v) is 54.2. The SMILES string of the molecule is C.CCC[CH2][Sn]([CH2]CCC)([CH2]CCC)[c]1c(C2CCCC2)c2ccc(C(=O)OC)cc2n1C.COC(=O)c1ccc2c(C3CCCC3)c(-c3ncc(Cl)cn3)n(C)c2c1.COC(=O)c1ccc2c(C3CCCC3)c(-c3ncc(Cl)cn3)n(C)c2c1.Cl.Clc1cnc(Cl)nc1.Clc1cnc(I)nc1.I.O=P(Cl)(Cl)Cl.O=S(=O)(O)O.O=c1ncc(Cl)c[nH]1.O=c1nccc[nH]1.O=c1nccc[nH]1. The van der Waals surface area contributed by atoms with E-state index in [9.17, 15) is 33.3 Å². The van der Waals surface area contributed by atoms with Crippen molar-refractivity contribution in [1.82, 2.24) is 83.5 Å². The molecule has 0 amide bonds. The molecule has 3 aliphatic carbocycles. The average Bonchev–Trinajstić information content (AvgIpc) is 1.58. The number of ether oxygens (including phenoxy) is 3. The molecule has 16 rings (SSSR count). The molecular weight excluding hydrogens is 2320 g/mol. The predicted octanol–water partition coefficient (Wildman–Crippen LogP) is 24.5. The molecule has 3 aliphatic rings. The zero-order valence-corrected chi connectivity index (χ0v) is 91.2. The fraction of sp³-hybridized carbons (Fsp3) is 0.382. The van der Waals surface area contributed by atoms with Gasteiger partial charge in [0.25, 0.3) is 0 Å². The Kier molecular flexibility index (Phi) is 54.1. The van der Waals surface area contributed by atoms with Gasteiger partial charge < -0.3 is 33.6 Å². The molecule has 46 heteroatoms. The van der Waals surface area contributed by atoms with Crippen molar-refractivity contribution in [2.75, 3.05) is 21.3 Å². The molecule has 13 aromatic rings. The zero-order chi connectivity index (χ0) is 96.8. The standard InChI is InChI=1S/2C20H20ClN3O2.C16H18NO2.C4H2Cl2N2.C4H2ClIN2.C4H3ClN2O.2C4H4N2O.3C4H9.CH4.Cl3OP.ClH.HI.H2O4S.Sn/c2*1-24-16-9-13(20(25)26-2)7-8-15(16)17(12-5-3-4-6-12)18(24)19-22-10-14(21)11-23-19;1-17-10-14(11-5-3-4-6-11)13-8-7-12(9-15(13)17)16(18)19-2;2*5-3-1-7-4(6)8-2-3;5-3-1-6-4(8)7-2-3;2*7-4-5-2-1-3-6-4;3*1-3-4-2;;1-5(2,3)4;;;1-5(2,3)4;/h2*7-12H,3-6H2,1-2H3;7-9,11H,3-6H2,1-2H3;2*1-2H;1-2H,(H,6,7,8);2*1-3H,(H,5,6,7);3*1,3-4H2,2H3;1H4;;2*1H;(H2,1,2,3,4);. The van der Waals surface area contributed by atoms with Crippen molar-refractivity contribution in [2.45, 2.75) is 175 Å². The number of methoxy groups -OCH3 is 3. The van der Waals surface area contributed by atoms with Crippen molar-refractivity contribution in [1.29, 1.82) is 0 Å². The molecule has 10 aromatic heterocycles. The molecule has 3 fully saturated rings. The van der Waals surface area contributed by atoms with E-state index in [0.29, 0.717) is 75.0 Å². The smallest absolute Gasteiger partial charge is 0.394 e. The van der Waals surface area contributed by atoms with Crippen LogP contribution >= 0.6 is 168 Å². The van der Waals surface area contributed by atoms with Crippen LogP contribution in [0.3, 0.4) is 0 Å². The minimum absolute atomic E-state index is 0. The number of halogens is 12. The molecule has 0 saturated heterocycles. The summed E-state index contributed by atoms with van der Waals surface area (Å²) >= 11 is 46.8. The molecule has 0 bridgehead atoms. The third-order valence-corrected chi connectivity index (χ3v) is 39.0. The van der Waals surface area contributed by atoms with E-state index in [4.69, 9.17) is 101 Å². The van der Waals surface area contributed by atoms with Crippen LogP contribution in [0.1, 0.15) is 209 Å². The van der Waals surface area contributed by atoms with Gasteiger partial charge in [-0.2, -0.15) is 8.42 Å². The number of fused-ring (bicyclic) bond motifs is 3. The van der Waals surface area contributed by atoms with Crippen LogP contribution in [0.4, 0.5) is 0 Å². The second kappa shape index (κ2) is 60.8. The van der Waals surface area contributed by atoms with Gasteiger partial charge in [-0.25, -0.2) is 78.8 Å². The average molecular weight is 2430 g/mol. The molecule has 0 aliphatic heterocycles. The number of carbonyl (C=O) groups is 3. The zero-order valence-electron chi connectivity index (χ0n) is 74.5. The van der Waals surface area contributed by atoms with Crippen LogP contribution in [0.2, 0.25) is 43.7 Å². The maximum atomic E-state index is 12.3. The van der Waals surface area contributed by atoms with E-state index in [1.165, 1.54) is 222 Å². The van der Waals surface area contributed by atoms with Gasteiger partial charge in [-0.3, -0.25) is 13.7 Å². The van der Waals surface area contributed by atoms with Crippen molar-refractivity contribution in [2.24, 2.45) is 21.1 Å². The minimum Gasteiger partial charge on any atom is -0.465 e. The van der Waals surface area contributed by atoms with Gasteiger partial charge in [-0.15, -0.1) is 36.4 Å². The van der Waals surface area contributed by atoms with Crippen LogP contribution in [-0.2, 0) is 50.3 Å². The Hall–Kier alpha value is -7.09. The van der Waals surface area contributed by atoms with Crippen molar-refractivity contribution in [3.8, 4) is 23.0 Å². The van der Waals surface area contributed by atoms with Crippen LogP contribution < -0.4 is 20.8 Å². The number of aromatic amines is 3. The summed E-state index contributed by atoms with van der Waals surface area (Å²) in [4.78, 5) is 116. The van der Waals surface area contributed by atoms with Gasteiger partial charge in [-0.05, 0) is 130 Å². The molecule has 0 unspecified atom stereocenters. The Labute approximate surface area is 868 Å².